The van der Waals surface area contributed by atoms with E-state index in [1.165, 1.54) is 17.7 Å². The Bertz CT molecular complexity index is 716. The molecule has 0 radical (unpaired) electrons. The van der Waals surface area contributed by atoms with Crippen LogP contribution in [0.2, 0.25) is 0 Å². The number of hydrogen-bond acceptors (Lipinski definition) is 3. The first-order valence-electron chi connectivity index (χ1n) is 9.44. The zero-order valence-electron chi connectivity index (χ0n) is 16.2. The van der Waals surface area contributed by atoms with Gasteiger partial charge in [-0.3, -0.25) is 4.79 Å². The maximum absolute atomic E-state index is 13.7. The van der Waals surface area contributed by atoms with Crippen molar-refractivity contribution in [3.63, 3.8) is 0 Å². The Balaban J connectivity index is 1.75. The van der Waals surface area contributed by atoms with Gasteiger partial charge in [0.15, 0.2) is 17.7 Å². The van der Waals surface area contributed by atoms with Crippen LogP contribution in [0.5, 0.6) is 11.5 Å². The Morgan fingerprint density at radius 1 is 1.07 bits per heavy atom. The van der Waals surface area contributed by atoms with Crippen molar-refractivity contribution in [3.8, 4) is 11.5 Å². The van der Waals surface area contributed by atoms with E-state index in [4.69, 9.17) is 9.47 Å². The average Bonchev–Trinajstić information content (AvgIpc) is 2.65. The molecule has 2 rings (SSSR count). The molecule has 4 nitrogen and oxygen atoms in total. The van der Waals surface area contributed by atoms with Crippen LogP contribution in [-0.2, 0) is 11.2 Å². The number of para-hydroxylation sites is 1. The Morgan fingerprint density at radius 3 is 2.41 bits per heavy atom. The van der Waals surface area contributed by atoms with Crippen LogP contribution in [0.4, 0.5) is 4.39 Å². The van der Waals surface area contributed by atoms with Crippen LogP contribution in [-0.4, -0.2) is 24.7 Å². The molecule has 0 spiro atoms. The molecular formula is C22H28FNO3. The normalized spacial score (nSPS) is 11.9. The van der Waals surface area contributed by atoms with Crippen molar-refractivity contribution in [2.75, 3.05) is 6.54 Å². The van der Waals surface area contributed by atoms with E-state index in [1.807, 2.05) is 45.0 Å². The third-order valence-electron chi connectivity index (χ3n) is 4.01. The van der Waals surface area contributed by atoms with E-state index >= 15 is 0 Å². The fourth-order valence-electron chi connectivity index (χ4n) is 2.64. The smallest absolute Gasteiger partial charge is 0.261 e. The largest absolute Gasteiger partial charge is 0.491 e. The van der Waals surface area contributed by atoms with Gasteiger partial charge < -0.3 is 14.8 Å². The number of amides is 1. The van der Waals surface area contributed by atoms with Gasteiger partial charge in [0.1, 0.15) is 5.75 Å². The number of ether oxygens (including phenoxy) is 2. The summed E-state index contributed by atoms with van der Waals surface area (Å²) in [4.78, 5) is 12.3. The molecule has 2 aromatic rings. The summed E-state index contributed by atoms with van der Waals surface area (Å²) < 4.78 is 24.8. The predicted molar refractivity (Wildman–Crippen MR) is 105 cm³/mol. The van der Waals surface area contributed by atoms with Crippen LogP contribution in [0, 0.1) is 5.82 Å². The van der Waals surface area contributed by atoms with Crippen molar-refractivity contribution in [1.82, 2.24) is 5.32 Å². The van der Waals surface area contributed by atoms with E-state index in [-0.39, 0.29) is 17.8 Å². The average molecular weight is 373 g/mol. The van der Waals surface area contributed by atoms with Gasteiger partial charge >= 0.3 is 0 Å². The van der Waals surface area contributed by atoms with Crippen LogP contribution in [0.25, 0.3) is 0 Å². The van der Waals surface area contributed by atoms with Crippen LogP contribution in [0.3, 0.4) is 0 Å². The molecule has 0 aromatic heterocycles. The Morgan fingerprint density at radius 2 is 1.78 bits per heavy atom. The van der Waals surface area contributed by atoms with E-state index in [2.05, 4.69) is 5.32 Å². The Hall–Kier alpha value is -2.56. The number of rotatable bonds is 10. The van der Waals surface area contributed by atoms with Crippen LogP contribution < -0.4 is 14.8 Å². The lowest BCUT2D eigenvalue weighted by Crippen LogP contribution is -2.38. The monoisotopic (exact) mass is 373 g/mol. The van der Waals surface area contributed by atoms with Gasteiger partial charge in [-0.25, -0.2) is 4.39 Å². The molecule has 1 atom stereocenters. The summed E-state index contributed by atoms with van der Waals surface area (Å²) in [6, 6.07) is 14.1. The summed E-state index contributed by atoms with van der Waals surface area (Å²) in [7, 11) is 0. The van der Waals surface area contributed by atoms with Gasteiger partial charge in [-0.1, -0.05) is 31.2 Å². The molecule has 0 fully saturated rings. The molecule has 146 valence electrons. The first kappa shape index (κ1) is 20.7. The van der Waals surface area contributed by atoms with E-state index in [1.54, 1.807) is 12.1 Å². The van der Waals surface area contributed by atoms with Crippen LogP contribution in [0.15, 0.2) is 48.5 Å². The molecule has 0 aliphatic heterocycles. The molecule has 0 bridgehead atoms. The van der Waals surface area contributed by atoms with Gasteiger partial charge in [0.05, 0.1) is 6.10 Å². The number of halogens is 1. The highest BCUT2D eigenvalue weighted by atomic mass is 19.1. The second kappa shape index (κ2) is 10.6. The van der Waals surface area contributed by atoms with E-state index < -0.39 is 11.9 Å². The fraction of sp³-hybridized carbons (Fsp3) is 0.409. The second-order valence-corrected chi connectivity index (χ2v) is 6.65. The van der Waals surface area contributed by atoms with E-state index in [9.17, 15) is 9.18 Å². The maximum Gasteiger partial charge on any atom is 0.261 e. The second-order valence-electron chi connectivity index (χ2n) is 6.65. The van der Waals surface area contributed by atoms with Crippen molar-refractivity contribution in [2.45, 2.75) is 52.2 Å². The summed E-state index contributed by atoms with van der Waals surface area (Å²) in [6.07, 6.45) is 1.59. The predicted octanol–water partition coefficient (Wildman–Crippen LogP) is 4.52. The first-order chi connectivity index (χ1) is 13.0. The van der Waals surface area contributed by atoms with Crippen LogP contribution >= 0.6 is 0 Å². The highest BCUT2D eigenvalue weighted by Crippen LogP contribution is 2.18. The minimum Gasteiger partial charge on any atom is -0.491 e. The fourth-order valence-corrected chi connectivity index (χ4v) is 2.64. The SMILES string of the molecule is CC[C@H](Oc1ccccc1F)C(=O)NCCCc1ccc(OC(C)C)cc1. The Labute approximate surface area is 160 Å². The van der Waals surface area contributed by atoms with Crippen molar-refractivity contribution < 1.29 is 18.7 Å². The minimum atomic E-state index is -0.700. The quantitative estimate of drug-likeness (QED) is 0.623. The lowest BCUT2D eigenvalue weighted by atomic mass is 10.1. The highest BCUT2D eigenvalue weighted by molar-refractivity contribution is 5.81. The molecule has 0 aliphatic carbocycles. The molecule has 0 aliphatic rings. The summed E-state index contributed by atoms with van der Waals surface area (Å²) in [5.41, 5.74) is 1.19. The standard InChI is InChI=1S/C22H28FNO3/c1-4-20(27-21-10-6-5-9-19(21)23)22(25)24-15-7-8-17-11-13-18(14-12-17)26-16(2)3/h5-6,9-14,16,20H,4,7-8,15H2,1-3H3,(H,24,25)/t20-/m0/s1. The Kier molecular flexibility index (Phi) is 8.11. The zero-order valence-corrected chi connectivity index (χ0v) is 16.2. The highest BCUT2D eigenvalue weighted by Gasteiger charge is 2.19. The number of carbonyl (C=O) groups is 1. The third kappa shape index (κ3) is 6.93. The summed E-state index contributed by atoms with van der Waals surface area (Å²) in [5, 5.41) is 2.87. The molecule has 27 heavy (non-hydrogen) atoms. The number of hydrogen-bond donors (Lipinski definition) is 1. The molecule has 0 unspecified atom stereocenters. The van der Waals surface area contributed by atoms with Gasteiger partial charge in [-0.15, -0.1) is 0 Å². The molecule has 0 heterocycles. The third-order valence-corrected chi connectivity index (χ3v) is 4.01. The summed E-state index contributed by atoms with van der Waals surface area (Å²) in [5.74, 6) is 0.274. The first-order valence-corrected chi connectivity index (χ1v) is 9.44. The number of nitrogens with one attached hydrogen (secondary N) is 1. The number of benzene rings is 2. The molecular weight excluding hydrogens is 345 g/mol. The van der Waals surface area contributed by atoms with Gasteiger partial charge in [0.25, 0.3) is 5.91 Å². The lowest BCUT2D eigenvalue weighted by Gasteiger charge is -2.17. The van der Waals surface area contributed by atoms with Gasteiger partial charge in [0, 0.05) is 6.54 Å². The summed E-state index contributed by atoms with van der Waals surface area (Å²) in [6.45, 7) is 6.37. The van der Waals surface area contributed by atoms with Crippen molar-refractivity contribution in [3.05, 3.63) is 59.9 Å². The van der Waals surface area contributed by atoms with Crippen molar-refractivity contribution in [1.29, 1.82) is 0 Å². The number of aryl methyl sites for hydroxylation is 1. The van der Waals surface area contributed by atoms with E-state index in [0.717, 1.165) is 18.6 Å². The van der Waals surface area contributed by atoms with Crippen molar-refractivity contribution >= 4 is 5.91 Å². The lowest BCUT2D eigenvalue weighted by molar-refractivity contribution is -0.128. The summed E-state index contributed by atoms with van der Waals surface area (Å²) >= 11 is 0. The van der Waals surface area contributed by atoms with Gasteiger partial charge in [-0.2, -0.15) is 0 Å². The molecule has 0 saturated carbocycles. The zero-order chi connectivity index (χ0) is 19.6. The molecule has 1 amide bonds. The molecule has 5 heteroatoms. The molecule has 1 N–H and O–H groups in total. The maximum atomic E-state index is 13.7. The van der Waals surface area contributed by atoms with Gasteiger partial charge in [-0.05, 0) is 62.9 Å². The minimum absolute atomic E-state index is 0.100. The molecule has 2 aromatic carbocycles. The van der Waals surface area contributed by atoms with Gasteiger partial charge in [0.2, 0.25) is 0 Å². The molecule has 0 saturated heterocycles. The van der Waals surface area contributed by atoms with Crippen LogP contribution in [0.1, 0.15) is 39.2 Å². The number of carbonyl (C=O) groups excluding carboxylic acids is 1. The topological polar surface area (TPSA) is 47.6 Å². The van der Waals surface area contributed by atoms with Crippen molar-refractivity contribution in [2.24, 2.45) is 0 Å². The van der Waals surface area contributed by atoms with E-state index in [0.29, 0.717) is 13.0 Å².